The van der Waals surface area contributed by atoms with E-state index in [1.54, 1.807) is 42.5 Å². The summed E-state index contributed by atoms with van der Waals surface area (Å²) in [6.45, 7) is 0. The first-order valence-corrected chi connectivity index (χ1v) is 5.85. The van der Waals surface area contributed by atoms with Crippen LogP contribution in [-0.2, 0) is 4.29 Å². The Labute approximate surface area is 119 Å². The molecule has 2 aromatic rings. The number of halogens is 2. The number of benzene rings is 2. The highest BCUT2D eigenvalue weighted by Gasteiger charge is 2.14. The van der Waals surface area contributed by atoms with E-state index in [2.05, 4.69) is 4.29 Å². The average molecular weight is 299 g/mol. The number of hydrogen-bond donors (Lipinski definition) is 0. The molecule has 0 aromatic heterocycles. The van der Waals surface area contributed by atoms with Gasteiger partial charge in [0, 0.05) is 11.1 Å². The van der Waals surface area contributed by atoms with Crippen molar-refractivity contribution < 1.29 is 18.1 Å². The first-order chi connectivity index (χ1) is 9.26. The van der Waals surface area contributed by atoms with Gasteiger partial charge in [-0.15, -0.1) is 0 Å². The number of rotatable bonds is 3. The Kier molecular flexibility index (Phi) is 4.49. The molecule has 0 N–H and O–H groups in total. The lowest BCUT2D eigenvalue weighted by molar-refractivity contribution is 0.156. The molecule has 0 unspecified atom stereocenters. The third kappa shape index (κ3) is 3.10. The predicted molar refractivity (Wildman–Crippen MR) is 71.3 cm³/mol. The summed E-state index contributed by atoms with van der Waals surface area (Å²) in [6, 6.07) is 13.9. The van der Waals surface area contributed by atoms with Crippen molar-refractivity contribution in [1.82, 2.24) is 0 Å². The molecule has 6 heteroatoms. The Morgan fingerprint density at radius 3 is 1.95 bits per heavy atom. The summed E-state index contributed by atoms with van der Waals surface area (Å²) >= 11 is 10.4. The number of carbonyl (C=O) groups is 1. The van der Waals surface area contributed by atoms with Crippen LogP contribution in [0.5, 0.6) is 11.5 Å². The van der Waals surface area contributed by atoms with Crippen LogP contribution < -0.4 is 9.03 Å². The largest absolute Gasteiger partial charge is 0.532 e. The van der Waals surface area contributed by atoms with Crippen LogP contribution >= 0.6 is 23.7 Å². The zero-order valence-corrected chi connectivity index (χ0v) is 11.0. The van der Waals surface area contributed by atoms with Gasteiger partial charge in [0.25, 0.3) is 0 Å². The van der Waals surface area contributed by atoms with Gasteiger partial charge >= 0.3 is 6.16 Å². The second kappa shape index (κ2) is 6.31. The maximum Gasteiger partial charge on any atom is 0.532 e. The van der Waals surface area contributed by atoms with Gasteiger partial charge in [-0.1, -0.05) is 36.4 Å². The molecular weight excluding hydrogens is 291 g/mol. The monoisotopic (exact) mass is 298 g/mol. The van der Waals surface area contributed by atoms with Gasteiger partial charge in [-0.25, -0.2) is 4.79 Å². The van der Waals surface area contributed by atoms with E-state index in [1.807, 2.05) is 6.07 Å². The molecule has 0 aliphatic rings. The van der Waals surface area contributed by atoms with E-state index in [1.165, 1.54) is 0 Å². The van der Waals surface area contributed by atoms with Gasteiger partial charge in [-0.05, 0) is 12.1 Å². The van der Waals surface area contributed by atoms with Crippen molar-refractivity contribution in [1.29, 1.82) is 0 Å². The van der Waals surface area contributed by atoms with E-state index in [0.29, 0.717) is 16.9 Å². The van der Waals surface area contributed by atoms with Crippen LogP contribution in [0.2, 0.25) is 0 Å². The third-order valence-electron chi connectivity index (χ3n) is 2.40. The van der Waals surface area contributed by atoms with Gasteiger partial charge in [0.05, 0.1) is 0 Å². The minimum Gasteiger partial charge on any atom is -0.393 e. The molecule has 0 fully saturated rings. The maximum atomic E-state index is 11.1. The smallest absolute Gasteiger partial charge is 0.393 e. The fourth-order valence-corrected chi connectivity index (χ4v) is 1.81. The summed E-state index contributed by atoms with van der Waals surface area (Å²) in [5.74, 6) is 0.730. The molecule has 0 radical (unpaired) electrons. The Hall–Kier alpha value is -1.91. The summed E-state index contributed by atoms with van der Waals surface area (Å²) in [6.07, 6.45) is -1.02. The zero-order valence-electron chi connectivity index (χ0n) is 9.51. The standard InChI is InChI=1S/C13H8Cl2O4/c14-18-12-8-4-2-6-10(12)9-5-1-3-7-11(9)17-13(16)19-15/h1-8H. The van der Waals surface area contributed by atoms with Gasteiger partial charge in [0.1, 0.15) is 29.5 Å². The molecule has 0 spiro atoms. The van der Waals surface area contributed by atoms with Crippen molar-refractivity contribution in [3.63, 3.8) is 0 Å². The SMILES string of the molecule is O=C(OCl)Oc1ccccc1-c1ccccc1OCl. The molecule has 0 aliphatic heterocycles. The first kappa shape index (κ1) is 13.5. The van der Waals surface area contributed by atoms with E-state index in [9.17, 15) is 4.79 Å². The van der Waals surface area contributed by atoms with Gasteiger partial charge in [0.2, 0.25) is 0 Å². The lowest BCUT2D eigenvalue weighted by Crippen LogP contribution is -2.05. The topological polar surface area (TPSA) is 44.8 Å². The second-order valence-corrected chi connectivity index (χ2v) is 3.81. The lowest BCUT2D eigenvalue weighted by atomic mass is 10.0. The minimum atomic E-state index is -1.02. The number of para-hydroxylation sites is 2. The number of hydrogen-bond acceptors (Lipinski definition) is 4. The summed E-state index contributed by atoms with van der Waals surface area (Å²) in [4.78, 5) is 11.1. The van der Waals surface area contributed by atoms with Gasteiger partial charge in [-0.3, -0.25) is 0 Å². The van der Waals surface area contributed by atoms with E-state index in [-0.39, 0.29) is 5.75 Å². The van der Waals surface area contributed by atoms with Crippen molar-refractivity contribution in [2.75, 3.05) is 0 Å². The molecule has 0 saturated carbocycles. The van der Waals surface area contributed by atoms with Crippen molar-refractivity contribution in [3.05, 3.63) is 48.5 Å². The predicted octanol–water partition coefficient (Wildman–Crippen LogP) is 4.56. The summed E-state index contributed by atoms with van der Waals surface area (Å²) < 4.78 is 13.7. The molecule has 0 amide bonds. The zero-order chi connectivity index (χ0) is 13.7. The van der Waals surface area contributed by atoms with Crippen LogP contribution in [-0.4, -0.2) is 6.16 Å². The van der Waals surface area contributed by atoms with Gasteiger partial charge in [0.15, 0.2) is 5.75 Å². The van der Waals surface area contributed by atoms with E-state index < -0.39 is 6.16 Å². The van der Waals surface area contributed by atoms with E-state index >= 15 is 0 Å². The third-order valence-corrected chi connectivity index (χ3v) is 2.70. The fraction of sp³-hybridized carbons (Fsp3) is 0. The molecule has 0 heterocycles. The van der Waals surface area contributed by atoms with Crippen LogP contribution in [0.15, 0.2) is 48.5 Å². The molecule has 2 aromatic carbocycles. The Morgan fingerprint density at radius 2 is 1.37 bits per heavy atom. The molecular formula is C13H8Cl2O4. The van der Waals surface area contributed by atoms with Crippen LogP contribution in [0, 0.1) is 0 Å². The fourth-order valence-electron chi connectivity index (χ4n) is 1.64. The maximum absolute atomic E-state index is 11.1. The lowest BCUT2D eigenvalue weighted by Gasteiger charge is -2.10. The van der Waals surface area contributed by atoms with Crippen LogP contribution in [0.3, 0.4) is 0 Å². The van der Waals surface area contributed by atoms with Crippen LogP contribution in [0.1, 0.15) is 0 Å². The molecule has 98 valence electrons. The normalized spacial score (nSPS) is 9.79. The molecule has 0 atom stereocenters. The Bertz CT molecular complexity index is 586. The van der Waals surface area contributed by atoms with Crippen LogP contribution in [0.25, 0.3) is 11.1 Å². The van der Waals surface area contributed by atoms with E-state index in [0.717, 1.165) is 0 Å². The first-order valence-electron chi connectivity index (χ1n) is 5.23. The van der Waals surface area contributed by atoms with Crippen LogP contribution in [0.4, 0.5) is 4.79 Å². The Morgan fingerprint density at radius 1 is 0.842 bits per heavy atom. The molecule has 0 saturated heterocycles. The van der Waals surface area contributed by atoms with Crippen molar-refractivity contribution in [2.45, 2.75) is 0 Å². The van der Waals surface area contributed by atoms with Crippen molar-refractivity contribution >= 4 is 29.9 Å². The summed E-state index contributed by atoms with van der Waals surface area (Å²) in [5.41, 5.74) is 1.30. The Balaban J connectivity index is 2.47. The molecule has 0 bridgehead atoms. The van der Waals surface area contributed by atoms with Crippen molar-refractivity contribution in [3.8, 4) is 22.6 Å². The molecule has 4 nitrogen and oxygen atoms in total. The highest BCUT2D eigenvalue weighted by atomic mass is 35.5. The minimum absolute atomic E-state index is 0.286. The summed E-state index contributed by atoms with van der Waals surface area (Å²) in [7, 11) is 0. The number of carbonyl (C=O) groups excluding carboxylic acids is 1. The highest BCUT2D eigenvalue weighted by molar-refractivity contribution is 6.12. The quantitative estimate of drug-likeness (QED) is 0.616. The highest BCUT2D eigenvalue weighted by Crippen LogP contribution is 2.36. The second-order valence-electron chi connectivity index (χ2n) is 3.50. The molecule has 19 heavy (non-hydrogen) atoms. The number of ether oxygens (including phenoxy) is 1. The summed E-state index contributed by atoms with van der Waals surface area (Å²) in [5, 5.41) is 0. The molecule has 0 aliphatic carbocycles. The van der Waals surface area contributed by atoms with Crippen molar-refractivity contribution in [2.24, 2.45) is 0 Å². The van der Waals surface area contributed by atoms with E-state index in [4.69, 9.17) is 32.8 Å². The average Bonchev–Trinajstić information content (AvgIpc) is 2.47. The van der Waals surface area contributed by atoms with Gasteiger partial charge in [-0.2, -0.15) is 0 Å². The molecule has 2 rings (SSSR count). The van der Waals surface area contributed by atoms with Gasteiger partial charge < -0.3 is 13.3 Å².